The molecule has 0 aliphatic carbocycles. The monoisotopic (exact) mass is 230 g/mol. The maximum Gasteiger partial charge on any atom is 0.234 e. The van der Waals surface area contributed by atoms with Gasteiger partial charge in [0, 0.05) is 10.6 Å². The van der Waals surface area contributed by atoms with Gasteiger partial charge in [0.25, 0.3) is 0 Å². The fourth-order valence-electron chi connectivity index (χ4n) is 1.30. The van der Waals surface area contributed by atoms with Gasteiger partial charge in [-0.3, -0.25) is 4.79 Å². The largest absolute Gasteiger partial charge is 0.348 e. The van der Waals surface area contributed by atoms with Crippen molar-refractivity contribution in [1.82, 2.24) is 5.32 Å². The number of hydrogen-bond donors (Lipinski definition) is 2. The summed E-state index contributed by atoms with van der Waals surface area (Å²) < 4.78 is 13.4. The fourth-order valence-corrected chi connectivity index (χ4v) is 1.62. The van der Waals surface area contributed by atoms with E-state index < -0.39 is 11.9 Å². The highest BCUT2D eigenvalue weighted by Crippen LogP contribution is 2.25. The summed E-state index contributed by atoms with van der Waals surface area (Å²) in [5, 5.41) is 2.83. The average Bonchev–Trinajstić information content (AvgIpc) is 2.17. The second-order valence-corrected chi connectivity index (χ2v) is 3.54. The van der Waals surface area contributed by atoms with Gasteiger partial charge < -0.3 is 11.1 Å². The third kappa shape index (κ3) is 2.91. The molecule has 0 saturated carbocycles. The number of halogens is 2. The minimum Gasteiger partial charge on any atom is -0.348 e. The summed E-state index contributed by atoms with van der Waals surface area (Å²) in [6, 6.07) is 3.89. The molecule has 82 valence electrons. The second kappa shape index (κ2) is 5.09. The molecule has 0 heterocycles. The highest BCUT2D eigenvalue weighted by atomic mass is 35.5. The summed E-state index contributed by atoms with van der Waals surface area (Å²) in [5.74, 6) is -0.783. The predicted molar refractivity (Wildman–Crippen MR) is 57.0 cm³/mol. The Morgan fingerprint density at radius 1 is 1.67 bits per heavy atom. The highest BCUT2D eigenvalue weighted by Gasteiger charge is 2.15. The van der Waals surface area contributed by atoms with Crippen molar-refractivity contribution in [3.8, 4) is 0 Å². The Kier molecular flexibility index (Phi) is 4.05. The van der Waals surface area contributed by atoms with Gasteiger partial charge in [0.2, 0.25) is 5.91 Å². The number of carbonyl (C=O) groups excluding carboxylic acids is 1. The van der Waals surface area contributed by atoms with Gasteiger partial charge in [-0.25, -0.2) is 4.39 Å². The van der Waals surface area contributed by atoms with Crippen molar-refractivity contribution >= 4 is 17.5 Å². The molecular formula is C10H12ClFN2O. The molecule has 0 fully saturated rings. The van der Waals surface area contributed by atoms with Crippen LogP contribution >= 0.6 is 11.6 Å². The minimum atomic E-state index is -0.491. The lowest BCUT2D eigenvalue weighted by atomic mass is 10.1. The van der Waals surface area contributed by atoms with Crippen LogP contribution in [0, 0.1) is 5.82 Å². The summed E-state index contributed by atoms with van der Waals surface area (Å²) in [4.78, 5) is 11.0. The van der Waals surface area contributed by atoms with Crippen molar-refractivity contribution in [2.24, 2.45) is 5.73 Å². The molecule has 0 aliphatic heterocycles. The molecule has 0 spiro atoms. The average molecular weight is 231 g/mol. The molecular weight excluding hydrogens is 219 g/mol. The number of hydrogen-bond acceptors (Lipinski definition) is 2. The van der Waals surface area contributed by atoms with Gasteiger partial charge >= 0.3 is 0 Å². The van der Waals surface area contributed by atoms with E-state index in [9.17, 15) is 9.18 Å². The summed E-state index contributed by atoms with van der Waals surface area (Å²) in [7, 11) is 0. The Bertz CT molecular complexity index is 350. The topological polar surface area (TPSA) is 55.1 Å². The first-order chi connectivity index (χ1) is 7.06. The van der Waals surface area contributed by atoms with Gasteiger partial charge in [-0.2, -0.15) is 0 Å². The van der Waals surface area contributed by atoms with Gasteiger partial charge in [-0.1, -0.05) is 17.7 Å². The second-order valence-electron chi connectivity index (χ2n) is 3.13. The van der Waals surface area contributed by atoms with E-state index in [0.29, 0.717) is 5.02 Å². The third-order valence-electron chi connectivity index (χ3n) is 2.00. The lowest BCUT2D eigenvalue weighted by Gasteiger charge is -2.15. The number of nitrogens with one attached hydrogen (secondary N) is 1. The van der Waals surface area contributed by atoms with E-state index in [-0.39, 0.29) is 18.0 Å². The van der Waals surface area contributed by atoms with Crippen molar-refractivity contribution in [3.63, 3.8) is 0 Å². The standard InChI is InChI=1S/C10H12ClFN2O/c1-6(14-9(15)5-13)10-7(11)3-2-4-8(10)12/h2-4,6H,5,13H2,1H3,(H,14,15). The summed E-state index contributed by atoms with van der Waals surface area (Å²) in [5.41, 5.74) is 5.41. The van der Waals surface area contributed by atoms with E-state index in [1.807, 2.05) is 0 Å². The van der Waals surface area contributed by atoms with Crippen LogP contribution in [-0.2, 0) is 4.79 Å². The molecule has 1 amide bonds. The molecule has 0 saturated heterocycles. The molecule has 1 rings (SSSR count). The van der Waals surface area contributed by atoms with Crippen LogP contribution < -0.4 is 11.1 Å². The smallest absolute Gasteiger partial charge is 0.234 e. The molecule has 1 aromatic rings. The van der Waals surface area contributed by atoms with Crippen molar-refractivity contribution in [3.05, 3.63) is 34.6 Å². The first kappa shape index (κ1) is 11.9. The van der Waals surface area contributed by atoms with Crippen LogP contribution in [0.5, 0.6) is 0 Å². The molecule has 0 bridgehead atoms. The zero-order chi connectivity index (χ0) is 11.4. The summed E-state index contributed by atoms with van der Waals surface area (Å²) in [6.45, 7) is 1.52. The molecule has 0 aromatic heterocycles. The predicted octanol–water partition coefficient (Wildman–Crippen LogP) is 1.61. The third-order valence-corrected chi connectivity index (χ3v) is 2.33. The van der Waals surface area contributed by atoms with Crippen molar-refractivity contribution in [2.45, 2.75) is 13.0 Å². The zero-order valence-electron chi connectivity index (χ0n) is 8.26. The van der Waals surface area contributed by atoms with Crippen LogP contribution in [0.1, 0.15) is 18.5 Å². The number of benzene rings is 1. The van der Waals surface area contributed by atoms with E-state index >= 15 is 0 Å². The van der Waals surface area contributed by atoms with Crippen LogP contribution in [0.4, 0.5) is 4.39 Å². The maximum absolute atomic E-state index is 13.4. The molecule has 5 heteroatoms. The van der Waals surface area contributed by atoms with Crippen LogP contribution in [0.25, 0.3) is 0 Å². The van der Waals surface area contributed by atoms with Crippen LogP contribution in [0.15, 0.2) is 18.2 Å². The van der Waals surface area contributed by atoms with Gasteiger partial charge in [-0.15, -0.1) is 0 Å². The Morgan fingerprint density at radius 3 is 2.87 bits per heavy atom. The maximum atomic E-state index is 13.4. The molecule has 3 N–H and O–H groups in total. The fraction of sp³-hybridized carbons (Fsp3) is 0.300. The van der Waals surface area contributed by atoms with Crippen LogP contribution in [-0.4, -0.2) is 12.5 Å². The highest BCUT2D eigenvalue weighted by molar-refractivity contribution is 6.31. The van der Waals surface area contributed by atoms with Crippen molar-refractivity contribution in [1.29, 1.82) is 0 Å². The number of rotatable bonds is 3. The van der Waals surface area contributed by atoms with Crippen molar-refractivity contribution < 1.29 is 9.18 Å². The lowest BCUT2D eigenvalue weighted by molar-refractivity contribution is -0.120. The van der Waals surface area contributed by atoms with Crippen LogP contribution in [0.3, 0.4) is 0 Å². The molecule has 3 nitrogen and oxygen atoms in total. The van der Waals surface area contributed by atoms with Gasteiger partial charge in [0.15, 0.2) is 0 Å². The van der Waals surface area contributed by atoms with E-state index in [2.05, 4.69) is 5.32 Å². The Morgan fingerprint density at radius 2 is 2.33 bits per heavy atom. The Labute approximate surface area is 92.4 Å². The lowest BCUT2D eigenvalue weighted by Crippen LogP contribution is -2.32. The Balaban J connectivity index is 2.90. The zero-order valence-corrected chi connectivity index (χ0v) is 9.01. The van der Waals surface area contributed by atoms with Gasteiger partial charge in [0.05, 0.1) is 12.6 Å². The number of carbonyl (C=O) groups is 1. The first-order valence-corrected chi connectivity index (χ1v) is 4.87. The van der Waals surface area contributed by atoms with Gasteiger partial charge in [0.1, 0.15) is 5.82 Å². The van der Waals surface area contributed by atoms with E-state index in [1.165, 1.54) is 12.1 Å². The quantitative estimate of drug-likeness (QED) is 0.829. The molecule has 15 heavy (non-hydrogen) atoms. The Hall–Kier alpha value is -1.13. The van der Waals surface area contributed by atoms with E-state index in [1.54, 1.807) is 13.0 Å². The van der Waals surface area contributed by atoms with Crippen molar-refractivity contribution in [2.75, 3.05) is 6.54 Å². The van der Waals surface area contributed by atoms with Crippen LogP contribution in [0.2, 0.25) is 5.02 Å². The number of nitrogens with two attached hydrogens (primary N) is 1. The first-order valence-electron chi connectivity index (χ1n) is 4.49. The SMILES string of the molecule is CC(NC(=O)CN)c1c(F)cccc1Cl. The van der Waals surface area contributed by atoms with Gasteiger partial charge in [-0.05, 0) is 19.1 Å². The molecule has 1 atom stereocenters. The van der Waals surface area contributed by atoms with E-state index in [4.69, 9.17) is 17.3 Å². The summed E-state index contributed by atoms with van der Waals surface area (Å²) in [6.07, 6.45) is 0. The van der Waals surface area contributed by atoms with E-state index in [0.717, 1.165) is 0 Å². The molecule has 0 radical (unpaired) electrons. The molecule has 1 unspecified atom stereocenters. The number of amides is 1. The summed E-state index contributed by atoms with van der Waals surface area (Å²) >= 11 is 5.83. The normalized spacial score (nSPS) is 12.3. The minimum absolute atomic E-state index is 0.129. The molecule has 1 aromatic carbocycles. The molecule has 0 aliphatic rings.